The summed E-state index contributed by atoms with van der Waals surface area (Å²) in [6, 6.07) is 3.68. The predicted octanol–water partition coefficient (Wildman–Crippen LogP) is 2.45. The lowest BCUT2D eigenvalue weighted by molar-refractivity contribution is 0.102. The van der Waals surface area contributed by atoms with Gasteiger partial charge < -0.3 is 4.90 Å². The molecule has 21 heavy (non-hydrogen) atoms. The molecular weight excluding hydrogens is 332 g/mol. The van der Waals surface area contributed by atoms with Crippen LogP contribution in [0.2, 0.25) is 0 Å². The van der Waals surface area contributed by atoms with E-state index in [-0.39, 0.29) is 5.78 Å². The van der Waals surface area contributed by atoms with E-state index in [4.69, 9.17) is 0 Å². The highest BCUT2D eigenvalue weighted by molar-refractivity contribution is 9.10. The monoisotopic (exact) mass is 350 g/mol. The minimum absolute atomic E-state index is 0.0527. The normalized spacial score (nSPS) is 11.1. The van der Waals surface area contributed by atoms with Gasteiger partial charge in [0.2, 0.25) is 5.78 Å². The SMILES string of the molecule is Cc1ccc(C(=O)c2c(Br)cnn2CCN(C)C)c(C)n1. The number of halogens is 1. The third kappa shape index (κ3) is 3.57. The maximum absolute atomic E-state index is 12.8. The largest absolute Gasteiger partial charge is 0.308 e. The summed E-state index contributed by atoms with van der Waals surface area (Å²) in [6.45, 7) is 5.25. The molecule has 2 rings (SSSR count). The van der Waals surface area contributed by atoms with Crippen LogP contribution in [0.3, 0.4) is 0 Å². The first-order valence-corrected chi connectivity index (χ1v) is 7.54. The van der Waals surface area contributed by atoms with Gasteiger partial charge in [0, 0.05) is 23.5 Å². The highest BCUT2D eigenvalue weighted by Crippen LogP contribution is 2.21. The molecule has 0 amide bonds. The third-order valence-electron chi connectivity index (χ3n) is 3.24. The van der Waals surface area contributed by atoms with Crippen molar-refractivity contribution >= 4 is 21.7 Å². The first-order chi connectivity index (χ1) is 9.90. The van der Waals surface area contributed by atoms with E-state index >= 15 is 0 Å². The van der Waals surface area contributed by atoms with Gasteiger partial charge in [0.25, 0.3) is 0 Å². The molecule has 0 fully saturated rings. The molecule has 2 heterocycles. The van der Waals surface area contributed by atoms with Crippen molar-refractivity contribution in [1.29, 1.82) is 0 Å². The fourth-order valence-electron chi connectivity index (χ4n) is 2.11. The number of carbonyl (C=O) groups is 1. The van der Waals surface area contributed by atoms with Gasteiger partial charge in [-0.1, -0.05) is 0 Å². The van der Waals surface area contributed by atoms with Crippen molar-refractivity contribution in [2.24, 2.45) is 0 Å². The number of carbonyl (C=O) groups excluding carboxylic acids is 1. The summed E-state index contributed by atoms with van der Waals surface area (Å²) in [4.78, 5) is 19.2. The fraction of sp³-hybridized carbons (Fsp3) is 0.400. The van der Waals surface area contributed by atoms with Gasteiger partial charge in [0.15, 0.2) is 0 Å². The van der Waals surface area contributed by atoms with Crippen LogP contribution in [0.25, 0.3) is 0 Å². The molecule has 2 aromatic rings. The Kier molecular flexibility index (Phi) is 4.90. The minimum atomic E-state index is -0.0527. The molecule has 0 saturated carbocycles. The molecule has 0 saturated heterocycles. The third-order valence-corrected chi connectivity index (χ3v) is 3.82. The Morgan fingerprint density at radius 3 is 2.67 bits per heavy atom. The van der Waals surface area contributed by atoms with E-state index in [0.717, 1.165) is 17.9 Å². The number of ketones is 1. The van der Waals surface area contributed by atoms with Crippen LogP contribution in [0.1, 0.15) is 27.4 Å². The number of nitrogens with zero attached hydrogens (tertiary/aromatic N) is 4. The maximum Gasteiger partial charge on any atom is 0.214 e. The Balaban J connectivity index is 2.36. The molecule has 112 valence electrons. The summed E-state index contributed by atoms with van der Waals surface area (Å²) in [6.07, 6.45) is 1.67. The van der Waals surface area contributed by atoms with Crippen LogP contribution in [-0.4, -0.2) is 46.1 Å². The lowest BCUT2D eigenvalue weighted by atomic mass is 10.1. The van der Waals surface area contributed by atoms with Gasteiger partial charge in [0.1, 0.15) is 5.69 Å². The zero-order chi connectivity index (χ0) is 15.6. The Bertz CT molecular complexity index is 664. The van der Waals surface area contributed by atoms with Crippen molar-refractivity contribution in [2.45, 2.75) is 20.4 Å². The Labute approximate surface area is 133 Å². The van der Waals surface area contributed by atoms with Gasteiger partial charge in [-0.05, 0) is 56.0 Å². The summed E-state index contributed by atoms with van der Waals surface area (Å²) < 4.78 is 2.46. The molecule has 0 atom stereocenters. The van der Waals surface area contributed by atoms with Crippen LogP contribution in [0.4, 0.5) is 0 Å². The van der Waals surface area contributed by atoms with Gasteiger partial charge >= 0.3 is 0 Å². The standard InChI is InChI=1S/C15H19BrN4O/c1-10-5-6-12(11(2)18-10)15(21)14-13(16)9-17-20(14)8-7-19(3)4/h5-6,9H,7-8H2,1-4H3. The van der Waals surface area contributed by atoms with Crippen LogP contribution in [-0.2, 0) is 6.54 Å². The highest BCUT2D eigenvalue weighted by Gasteiger charge is 2.20. The topological polar surface area (TPSA) is 51.0 Å². The molecule has 6 heteroatoms. The van der Waals surface area contributed by atoms with Crippen molar-refractivity contribution in [3.8, 4) is 0 Å². The van der Waals surface area contributed by atoms with Crippen LogP contribution >= 0.6 is 15.9 Å². The first-order valence-electron chi connectivity index (χ1n) is 6.75. The van der Waals surface area contributed by atoms with Crippen molar-refractivity contribution in [1.82, 2.24) is 19.7 Å². The molecule has 2 aromatic heterocycles. The van der Waals surface area contributed by atoms with Crippen LogP contribution in [0, 0.1) is 13.8 Å². The average Bonchev–Trinajstić information content (AvgIpc) is 2.77. The molecule has 0 unspecified atom stereocenters. The molecule has 0 aliphatic rings. The Morgan fingerprint density at radius 1 is 1.33 bits per heavy atom. The second-order valence-electron chi connectivity index (χ2n) is 5.28. The van der Waals surface area contributed by atoms with Crippen LogP contribution in [0.5, 0.6) is 0 Å². The number of hydrogen-bond acceptors (Lipinski definition) is 4. The predicted molar refractivity (Wildman–Crippen MR) is 85.6 cm³/mol. The van der Waals surface area contributed by atoms with E-state index in [2.05, 4.69) is 30.9 Å². The van der Waals surface area contributed by atoms with Gasteiger partial charge in [-0.25, -0.2) is 0 Å². The number of aryl methyl sites for hydroxylation is 2. The maximum atomic E-state index is 12.8. The van der Waals surface area contributed by atoms with Crippen LogP contribution < -0.4 is 0 Å². The first kappa shape index (κ1) is 15.9. The highest BCUT2D eigenvalue weighted by atomic mass is 79.9. The molecule has 0 aromatic carbocycles. The van der Waals surface area contributed by atoms with Crippen LogP contribution in [0.15, 0.2) is 22.8 Å². The van der Waals surface area contributed by atoms with Gasteiger partial charge in [-0.2, -0.15) is 5.10 Å². The minimum Gasteiger partial charge on any atom is -0.308 e. The van der Waals surface area contributed by atoms with E-state index in [1.165, 1.54) is 0 Å². The van der Waals surface area contributed by atoms with Crippen molar-refractivity contribution in [3.05, 3.63) is 45.4 Å². The van der Waals surface area contributed by atoms with Crippen molar-refractivity contribution < 1.29 is 4.79 Å². The summed E-state index contributed by atoms with van der Waals surface area (Å²) in [5.74, 6) is -0.0527. The van der Waals surface area contributed by atoms with Gasteiger partial charge in [-0.3, -0.25) is 14.5 Å². The van der Waals surface area contributed by atoms with E-state index in [1.54, 1.807) is 10.9 Å². The lowest BCUT2D eigenvalue weighted by Crippen LogP contribution is -2.22. The van der Waals surface area contributed by atoms with E-state index in [1.807, 2.05) is 40.1 Å². The molecule has 0 aliphatic carbocycles. The van der Waals surface area contributed by atoms with Crippen molar-refractivity contribution in [2.75, 3.05) is 20.6 Å². The van der Waals surface area contributed by atoms with E-state index < -0.39 is 0 Å². The zero-order valence-corrected chi connectivity index (χ0v) is 14.3. The average molecular weight is 351 g/mol. The zero-order valence-electron chi connectivity index (χ0n) is 12.7. The summed E-state index contributed by atoms with van der Waals surface area (Å²) in [7, 11) is 3.99. The summed E-state index contributed by atoms with van der Waals surface area (Å²) in [5.41, 5.74) is 2.84. The number of rotatable bonds is 5. The smallest absolute Gasteiger partial charge is 0.214 e. The van der Waals surface area contributed by atoms with Crippen molar-refractivity contribution in [3.63, 3.8) is 0 Å². The lowest BCUT2D eigenvalue weighted by Gasteiger charge is -2.12. The molecule has 0 N–H and O–H groups in total. The fourth-order valence-corrected chi connectivity index (χ4v) is 2.58. The number of likely N-dealkylation sites (N-methyl/N-ethyl adjacent to an activating group) is 1. The van der Waals surface area contributed by atoms with Gasteiger partial charge in [-0.15, -0.1) is 0 Å². The second kappa shape index (κ2) is 6.49. The summed E-state index contributed by atoms with van der Waals surface area (Å²) >= 11 is 3.42. The molecule has 0 aliphatic heterocycles. The number of pyridine rings is 1. The van der Waals surface area contributed by atoms with E-state index in [0.29, 0.717) is 22.3 Å². The second-order valence-corrected chi connectivity index (χ2v) is 6.14. The molecular formula is C15H19BrN4O. The number of hydrogen-bond donors (Lipinski definition) is 0. The molecule has 0 radical (unpaired) electrons. The van der Waals surface area contributed by atoms with E-state index in [9.17, 15) is 4.79 Å². The molecule has 0 spiro atoms. The summed E-state index contributed by atoms with van der Waals surface area (Å²) in [5, 5.41) is 4.28. The Morgan fingerprint density at radius 2 is 2.05 bits per heavy atom. The van der Waals surface area contributed by atoms with Gasteiger partial charge in [0.05, 0.1) is 17.2 Å². The molecule has 0 bridgehead atoms. The molecule has 5 nitrogen and oxygen atoms in total. The number of aromatic nitrogens is 3. The quantitative estimate of drug-likeness (QED) is 0.777. The Hall–Kier alpha value is -1.53.